The Bertz CT molecular complexity index is 951. The Labute approximate surface area is 238 Å². The Morgan fingerprint density at radius 3 is 0.868 bits per heavy atom. The van der Waals surface area contributed by atoms with E-state index in [1.165, 1.54) is 22.3 Å². The van der Waals surface area contributed by atoms with Gasteiger partial charge < -0.3 is 8.85 Å². The highest BCUT2D eigenvalue weighted by Gasteiger charge is 2.45. The van der Waals surface area contributed by atoms with Crippen molar-refractivity contribution >= 4 is 16.6 Å². The number of hydrogen-bond donors (Lipinski definition) is 0. The molecule has 2 atom stereocenters. The second-order valence-electron chi connectivity index (χ2n) is 16.3. The average Bonchev–Trinajstić information content (AvgIpc) is 2.73. The summed E-state index contributed by atoms with van der Waals surface area (Å²) in [5.74, 6) is 0. The molecule has 0 amide bonds. The van der Waals surface area contributed by atoms with Gasteiger partial charge in [-0.25, -0.2) is 0 Å². The average molecular weight is 555 g/mol. The van der Waals surface area contributed by atoms with E-state index in [1.54, 1.807) is 0 Å². The van der Waals surface area contributed by atoms with Crippen molar-refractivity contribution in [2.24, 2.45) is 0 Å². The zero-order valence-corrected chi connectivity index (χ0v) is 29.6. The summed E-state index contributed by atoms with van der Waals surface area (Å²) in [6, 6.07) is 18.3. The van der Waals surface area contributed by atoms with Crippen molar-refractivity contribution in [2.75, 3.05) is 0 Å². The summed E-state index contributed by atoms with van der Waals surface area (Å²) < 4.78 is 14.6. The van der Waals surface area contributed by atoms with E-state index in [0.717, 1.165) is 0 Å². The van der Waals surface area contributed by atoms with E-state index in [-0.39, 0.29) is 33.1 Å². The molecule has 0 aliphatic rings. The minimum atomic E-state index is -2.12. The van der Waals surface area contributed by atoms with Gasteiger partial charge in [0, 0.05) is 0 Å². The lowest BCUT2D eigenvalue weighted by molar-refractivity contribution is 0.0332. The molecule has 0 heterocycles. The Balaban J connectivity index is 2.76. The minimum absolute atomic E-state index is 0.0915. The maximum atomic E-state index is 7.32. The van der Waals surface area contributed by atoms with Gasteiger partial charge in [-0.05, 0) is 69.3 Å². The maximum absolute atomic E-state index is 7.32. The standard InChI is InChI=1S/C34H58O2Si2/c1-31(2,3)27-21-17-25(18-22-27)29(35-37(13,14)33(7,8)9)30(36-38(15,16)34(10,11)12)26-19-23-28(24-20-26)32(4,5)6/h17-24,29-30H,1-16H3. The van der Waals surface area contributed by atoms with Crippen LogP contribution in [-0.4, -0.2) is 16.6 Å². The molecule has 0 saturated carbocycles. The molecule has 0 aliphatic heterocycles. The monoisotopic (exact) mass is 554 g/mol. The van der Waals surface area contributed by atoms with Gasteiger partial charge in [0.15, 0.2) is 16.6 Å². The van der Waals surface area contributed by atoms with E-state index >= 15 is 0 Å². The Kier molecular flexibility index (Phi) is 9.54. The molecule has 2 aromatic carbocycles. The Morgan fingerprint density at radius 2 is 0.684 bits per heavy atom. The first-order valence-corrected chi connectivity index (χ1v) is 20.2. The van der Waals surface area contributed by atoms with Crippen LogP contribution in [0, 0.1) is 0 Å². The molecule has 0 saturated heterocycles. The van der Waals surface area contributed by atoms with Crippen LogP contribution in [0.1, 0.15) is 118 Å². The quantitative estimate of drug-likeness (QED) is 0.317. The highest BCUT2D eigenvalue weighted by molar-refractivity contribution is 6.74. The van der Waals surface area contributed by atoms with Crippen LogP contribution in [0.5, 0.6) is 0 Å². The number of benzene rings is 2. The largest absolute Gasteiger partial charge is 0.407 e. The second-order valence-corrected chi connectivity index (χ2v) is 25.9. The first kappa shape index (κ1) is 33.0. The van der Waals surface area contributed by atoms with Gasteiger partial charge in [-0.3, -0.25) is 0 Å². The van der Waals surface area contributed by atoms with Crippen LogP contribution in [0.3, 0.4) is 0 Å². The third-order valence-corrected chi connectivity index (χ3v) is 17.9. The SMILES string of the molecule is CC(C)(C)c1ccc(C(O[Si](C)(C)C(C)(C)C)C(O[Si](C)(C)C(C)(C)C)c2ccc(C(C)(C)C)cc2)cc1. The molecule has 0 bridgehead atoms. The first-order chi connectivity index (χ1) is 16.9. The van der Waals surface area contributed by atoms with Crippen LogP contribution in [0.15, 0.2) is 48.5 Å². The van der Waals surface area contributed by atoms with Crippen molar-refractivity contribution in [1.82, 2.24) is 0 Å². The van der Waals surface area contributed by atoms with E-state index in [1.807, 2.05) is 0 Å². The third-order valence-electron chi connectivity index (χ3n) is 8.94. The fourth-order valence-electron chi connectivity index (χ4n) is 3.94. The molecule has 2 nitrogen and oxygen atoms in total. The van der Waals surface area contributed by atoms with Crippen LogP contribution in [0.4, 0.5) is 0 Å². The van der Waals surface area contributed by atoms with Crippen molar-refractivity contribution in [3.05, 3.63) is 70.8 Å². The van der Waals surface area contributed by atoms with Crippen molar-refractivity contribution in [2.45, 2.75) is 142 Å². The molecular weight excluding hydrogens is 497 g/mol. The molecule has 0 spiro atoms. The zero-order chi connectivity index (χ0) is 29.5. The molecule has 0 radical (unpaired) electrons. The zero-order valence-electron chi connectivity index (χ0n) is 27.6. The fourth-order valence-corrected chi connectivity index (χ4v) is 6.44. The Morgan fingerprint density at radius 1 is 0.447 bits per heavy atom. The van der Waals surface area contributed by atoms with Gasteiger partial charge in [-0.15, -0.1) is 0 Å². The van der Waals surface area contributed by atoms with Gasteiger partial charge in [0.1, 0.15) is 0 Å². The summed E-state index contributed by atoms with van der Waals surface area (Å²) in [6.07, 6.45) is -0.362. The second kappa shape index (κ2) is 11.0. The topological polar surface area (TPSA) is 18.5 Å². The molecule has 214 valence electrons. The minimum Gasteiger partial charge on any atom is -0.407 e. The van der Waals surface area contributed by atoms with E-state index in [2.05, 4.69) is 158 Å². The van der Waals surface area contributed by atoms with Crippen molar-refractivity contribution in [3.63, 3.8) is 0 Å². The highest BCUT2D eigenvalue weighted by atomic mass is 28.4. The molecule has 0 N–H and O–H groups in total. The highest BCUT2D eigenvalue weighted by Crippen LogP contribution is 2.48. The summed E-state index contributed by atoms with van der Waals surface area (Å²) >= 11 is 0. The predicted molar refractivity (Wildman–Crippen MR) is 172 cm³/mol. The molecule has 0 fully saturated rings. The fraction of sp³-hybridized carbons (Fsp3) is 0.647. The van der Waals surface area contributed by atoms with E-state index in [4.69, 9.17) is 8.85 Å². The molecule has 2 aromatic rings. The van der Waals surface area contributed by atoms with E-state index in [9.17, 15) is 0 Å². The summed E-state index contributed by atoms with van der Waals surface area (Å²) in [4.78, 5) is 0. The van der Waals surface area contributed by atoms with Crippen molar-refractivity contribution in [1.29, 1.82) is 0 Å². The number of hydrogen-bond acceptors (Lipinski definition) is 2. The predicted octanol–water partition coefficient (Wildman–Crippen LogP) is 11.1. The van der Waals surface area contributed by atoms with Gasteiger partial charge in [-0.1, -0.05) is 132 Å². The van der Waals surface area contributed by atoms with Gasteiger partial charge in [0.25, 0.3) is 0 Å². The smallest absolute Gasteiger partial charge is 0.193 e. The normalized spacial score (nSPS) is 15.9. The van der Waals surface area contributed by atoms with Crippen LogP contribution in [0.25, 0.3) is 0 Å². The van der Waals surface area contributed by atoms with Gasteiger partial charge in [0.2, 0.25) is 0 Å². The van der Waals surface area contributed by atoms with E-state index in [0.29, 0.717) is 0 Å². The van der Waals surface area contributed by atoms with Crippen LogP contribution in [-0.2, 0) is 19.7 Å². The van der Waals surface area contributed by atoms with Crippen molar-refractivity contribution < 1.29 is 8.85 Å². The molecule has 38 heavy (non-hydrogen) atoms. The van der Waals surface area contributed by atoms with Crippen LogP contribution in [0.2, 0.25) is 36.3 Å². The lowest BCUT2D eigenvalue weighted by atomic mass is 9.85. The lowest BCUT2D eigenvalue weighted by Crippen LogP contribution is -2.46. The van der Waals surface area contributed by atoms with Gasteiger partial charge in [-0.2, -0.15) is 0 Å². The van der Waals surface area contributed by atoms with Gasteiger partial charge in [0.05, 0.1) is 12.2 Å². The molecule has 0 aromatic heterocycles. The summed E-state index contributed by atoms with van der Waals surface area (Å²) in [7, 11) is -4.25. The molecule has 2 rings (SSSR count). The lowest BCUT2D eigenvalue weighted by Gasteiger charge is -2.45. The van der Waals surface area contributed by atoms with Crippen LogP contribution < -0.4 is 0 Å². The summed E-state index contributed by atoms with van der Waals surface area (Å²) in [5.41, 5.74) is 5.28. The van der Waals surface area contributed by atoms with Crippen molar-refractivity contribution in [3.8, 4) is 0 Å². The Hall–Kier alpha value is -1.21. The molecular formula is C34H58O2Si2. The molecule has 0 aliphatic carbocycles. The van der Waals surface area contributed by atoms with Crippen LogP contribution >= 0.6 is 0 Å². The first-order valence-electron chi connectivity index (χ1n) is 14.4. The number of rotatable bonds is 7. The van der Waals surface area contributed by atoms with E-state index < -0.39 is 16.6 Å². The summed E-state index contributed by atoms with van der Waals surface area (Å²) in [5, 5.41) is 0.183. The summed E-state index contributed by atoms with van der Waals surface area (Å²) in [6.45, 7) is 37.0. The third kappa shape index (κ3) is 7.93. The molecule has 2 unspecified atom stereocenters. The maximum Gasteiger partial charge on any atom is 0.193 e. The van der Waals surface area contributed by atoms with Gasteiger partial charge >= 0.3 is 0 Å². The molecule has 4 heteroatoms.